The molecule has 0 spiro atoms. The molecule has 0 fully saturated rings. The van der Waals surface area contributed by atoms with Gasteiger partial charge in [-0.05, 0) is 26.3 Å². The van der Waals surface area contributed by atoms with E-state index in [4.69, 9.17) is 0 Å². The Balaban J connectivity index is 2.03. The molecule has 0 aliphatic rings. The lowest BCUT2D eigenvalue weighted by atomic mass is 10.1. The molecule has 0 saturated carbocycles. The van der Waals surface area contributed by atoms with Crippen LogP contribution in [0.1, 0.15) is 5.56 Å². The minimum Gasteiger partial charge on any atom is -0.478 e. The Labute approximate surface area is 177 Å². The average molecular weight is 407 g/mol. The number of rotatable bonds is 6. The van der Waals surface area contributed by atoms with Crippen LogP contribution >= 0.6 is 0 Å². The highest BCUT2D eigenvalue weighted by Gasteiger charge is 2.41. The van der Waals surface area contributed by atoms with Gasteiger partial charge < -0.3 is 5.11 Å². The molecule has 0 bridgehead atoms. The molecule has 4 aromatic rings. The highest BCUT2D eigenvalue weighted by Crippen LogP contribution is 2.14. The smallest absolute Gasteiger partial charge is 0.335 e. The maximum atomic E-state index is 11.4. The van der Waals surface area contributed by atoms with Gasteiger partial charge in [-0.15, -0.1) is 0 Å². The highest BCUT2D eigenvalue weighted by molar-refractivity contribution is 7.19. The quantitative estimate of drug-likeness (QED) is 0.303. The minimum absolute atomic E-state index is 0.105. The maximum Gasteiger partial charge on any atom is 0.335 e. The molecule has 0 radical (unpaired) electrons. The predicted molar refractivity (Wildman–Crippen MR) is 127 cm³/mol. The Morgan fingerprint density at radius 2 is 0.900 bits per heavy atom. The Bertz CT molecular complexity index is 1060. The van der Waals surface area contributed by atoms with E-state index in [2.05, 4.69) is 91.5 Å². The van der Waals surface area contributed by atoms with Crippen molar-refractivity contribution in [3.05, 3.63) is 127 Å². The van der Waals surface area contributed by atoms with Crippen molar-refractivity contribution in [2.24, 2.45) is 0 Å². The number of aliphatic carboxylic acids is 1. The number of hydrogen-bond acceptors (Lipinski definition) is 1. The lowest BCUT2D eigenvalue weighted by Gasteiger charge is -2.34. The van der Waals surface area contributed by atoms with Crippen molar-refractivity contribution in [2.75, 3.05) is 0 Å². The van der Waals surface area contributed by atoms with Crippen molar-refractivity contribution in [2.45, 2.75) is 0 Å². The number of benzene rings is 4. The lowest BCUT2D eigenvalue weighted by molar-refractivity contribution is -0.130. The zero-order chi connectivity index (χ0) is 21.0. The Morgan fingerprint density at radius 1 is 0.567 bits per heavy atom. The molecular formula is C27H22O2Si. The van der Waals surface area contributed by atoms with Crippen molar-refractivity contribution in [1.82, 2.24) is 0 Å². The molecule has 0 aliphatic heterocycles. The number of carboxylic acid groups (broad SMARTS) is 1. The van der Waals surface area contributed by atoms with Gasteiger partial charge in [0.25, 0.3) is 0 Å². The Hall–Kier alpha value is -3.69. The summed E-state index contributed by atoms with van der Waals surface area (Å²) in [6.45, 7) is 3.70. The van der Waals surface area contributed by atoms with Crippen molar-refractivity contribution in [1.29, 1.82) is 0 Å². The average Bonchev–Trinajstić information content (AvgIpc) is 2.82. The van der Waals surface area contributed by atoms with E-state index in [0.29, 0.717) is 5.56 Å². The monoisotopic (exact) mass is 406 g/mol. The standard InChI is InChI=1S/C27H22O2Si/c1-21(27(28)29)22-17-19-26(20-18-22)30(23-11-5-2-6-12-23,24-13-7-3-8-14-24)25-15-9-4-10-16-25/h2-20H,1H2,(H,28,29). The first-order valence-corrected chi connectivity index (χ1v) is 11.8. The van der Waals surface area contributed by atoms with E-state index in [1.54, 1.807) is 0 Å². The molecule has 1 N–H and O–H groups in total. The molecule has 4 rings (SSSR count). The molecule has 146 valence electrons. The summed E-state index contributed by atoms with van der Waals surface area (Å²) in [5.74, 6) is -1.000. The van der Waals surface area contributed by atoms with Gasteiger partial charge in [0.2, 0.25) is 0 Å². The fourth-order valence-electron chi connectivity index (χ4n) is 4.11. The molecule has 0 aromatic heterocycles. The maximum absolute atomic E-state index is 11.4. The zero-order valence-corrected chi connectivity index (χ0v) is 17.5. The van der Waals surface area contributed by atoms with Crippen LogP contribution in [-0.4, -0.2) is 19.1 Å². The summed E-state index contributed by atoms with van der Waals surface area (Å²) in [6, 6.07) is 39.8. The second-order valence-corrected chi connectivity index (χ2v) is 11.0. The molecule has 3 heteroatoms. The third-order valence-electron chi connectivity index (χ3n) is 5.54. The van der Waals surface area contributed by atoms with Crippen LogP contribution in [0.15, 0.2) is 122 Å². The highest BCUT2D eigenvalue weighted by atomic mass is 28.3. The van der Waals surface area contributed by atoms with E-state index in [9.17, 15) is 9.90 Å². The van der Waals surface area contributed by atoms with Crippen LogP contribution in [0.4, 0.5) is 0 Å². The summed E-state index contributed by atoms with van der Waals surface area (Å²) in [6.07, 6.45) is 0. The van der Waals surface area contributed by atoms with Crippen LogP contribution < -0.4 is 20.7 Å². The van der Waals surface area contributed by atoms with Crippen LogP contribution in [0.25, 0.3) is 5.57 Å². The van der Waals surface area contributed by atoms with Crippen LogP contribution in [0.3, 0.4) is 0 Å². The Morgan fingerprint density at radius 3 is 1.23 bits per heavy atom. The molecule has 2 nitrogen and oxygen atoms in total. The van der Waals surface area contributed by atoms with E-state index in [1.165, 1.54) is 20.7 Å². The number of hydrogen-bond donors (Lipinski definition) is 1. The van der Waals surface area contributed by atoms with E-state index >= 15 is 0 Å². The third-order valence-corrected chi connectivity index (χ3v) is 10.3. The summed E-state index contributed by atoms with van der Waals surface area (Å²) >= 11 is 0. The van der Waals surface area contributed by atoms with Crippen molar-refractivity contribution >= 4 is 40.4 Å². The summed E-state index contributed by atoms with van der Waals surface area (Å²) in [7, 11) is -2.56. The SMILES string of the molecule is C=C(C(=O)O)c1ccc([Si](c2ccccc2)(c2ccccc2)c2ccccc2)cc1. The fraction of sp³-hybridized carbons (Fsp3) is 0. The van der Waals surface area contributed by atoms with Gasteiger partial charge in [-0.3, -0.25) is 0 Å². The second-order valence-electron chi connectivity index (χ2n) is 7.21. The summed E-state index contributed by atoms with van der Waals surface area (Å²) < 4.78 is 0. The molecule has 0 saturated heterocycles. The van der Waals surface area contributed by atoms with E-state index in [-0.39, 0.29) is 5.57 Å². The molecule has 0 unspecified atom stereocenters. The largest absolute Gasteiger partial charge is 0.478 e. The van der Waals surface area contributed by atoms with Crippen molar-refractivity contribution in [3.8, 4) is 0 Å². The topological polar surface area (TPSA) is 37.3 Å². The zero-order valence-electron chi connectivity index (χ0n) is 16.5. The predicted octanol–water partition coefficient (Wildman–Crippen LogP) is 3.16. The van der Waals surface area contributed by atoms with Gasteiger partial charge in [0.1, 0.15) is 0 Å². The second kappa shape index (κ2) is 8.35. The van der Waals surface area contributed by atoms with E-state index < -0.39 is 14.0 Å². The van der Waals surface area contributed by atoms with Crippen LogP contribution in [0.2, 0.25) is 0 Å². The molecular weight excluding hydrogens is 384 g/mol. The van der Waals surface area contributed by atoms with Crippen LogP contribution in [0, 0.1) is 0 Å². The third kappa shape index (κ3) is 3.40. The first kappa shape index (κ1) is 19.6. The molecule has 4 aromatic carbocycles. The van der Waals surface area contributed by atoms with Crippen molar-refractivity contribution < 1.29 is 9.90 Å². The van der Waals surface area contributed by atoms with Gasteiger partial charge >= 0.3 is 5.97 Å². The van der Waals surface area contributed by atoms with Gasteiger partial charge in [0.05, 0.1) is 5.57 Å². The van der Waals surface area contributed by atoms with Gasteiger partial charge in [0, 0.05) is 0 Å². The summed E-state index contributed by atoms with van der Waals surface area (Å²) in [5, 5.41) is 14.4. The number of carboxylic acids is 1. The molecule has 0 heterocycles. The number of carbonyl (C=O) groups is 1. The normalized spacial score (nSPS) is 11.1. The van der Waals surface area contributed by atoms with Crippen LogP contribution in [0.5, 0.6) is 0 Å². The van der Waals surface area contributed by atoms with E-state index in [0.717, 1.165) is 0 Å². The first-order valence-electron chi connectivity index (χ1n) is 9.83. The van der Waals surface area contributed by atoms with Crippen molar-refractivity contribution in [3.63, 3.8) is 0 Å². The molecule has 0 atom stereocenters. The van der Waals surface area contributed by atoms with Crippen LogP contribution in [-0.2, 0) is 4.79 Å². The van der Waals surface area contributed by atoms with Gasteiger partial charge in [0.15, 0.2) is 8.07 Å². The lowest BCUT2D eigenvalue weighted by Crippen LogP contribution is -2.74. The van der Waals surface area contributed by atoms with Gasteiger partial charge in [-0.1, -0.05) is 122 Å². The summed E-state index contributed by atoms with van der Waals surface area (Å²) in [5.41, 5.74) is 0.733. The first-order chi connectivity index (χ1) is 14.6. The fourth-order valence-corrected chi connectivity index (χ4v) is 8.85. The molecule has 0 amide bonds. The minimum atomic E-state index is -2.56. The van der Waals surface area contributed by atoms with Gasteiger partial charge in [-0.2, -0.15) is 0 Å². The van der Waals surface area contributed by atoms with E-state index in [1.807, 2.05) is 30.3 Å². The van der Waals surface area contributed by atoms with Gasteiger partial charge in [-0.25, -0.2) is 4.79 Å². The molecule has 30 heavy (non-hydrogen) atoms. The Kier molecular flexibility index (Phi) is 5.46. The molecule has 0 aliphatic carbocycles. The summed E-state index contributed by atoms with van der Waals surface area (Å²) in [4.78, 5) is 11.4.